The molecule has 2 N–H and O–H groups in total. The van der Waals surface area contributed by atoms with E-state index < -0.39 is 12.1 Å². The summed E-state index contributed by atoms with van der Waals surface area (Å²) in [5.74, 6) is -0.953. The van der Waals surface area contributed by atoms with Gasteiger partial charge in [-0.1, -0.05) is 6.92 Å². The van der Waals surface area contributed by atoms with Crippen molar-refractivity contribution >= 4 is 27.8 Å². The topological polar surface area (TPSA) is 75.6 Å². The molecule has 1 atom stereocenters. The highest BCUT2D eigenvalue weighted by atomic mass is 79.9. The standard InChI is InChI=1S/C15H20BrNO4/c1-5-15(3,4)17-13(18)9(2)21-10-6-7-12(16)11(8-10)14(19)20/h6-9H,5H2,1-4H3,(H,17,18)(H,19,20). The van der Waals surface area contributed by atoms with Gasteiger partial charge in [0.25, 0.3) is 5.91 Å². The maximum atomic E-state index is 12.0. The van der Waals surface area contributed by atoms with Crippen LogP contribution in [0.3, 0.4) is 0 Å². The highest BCUT2D eigenvalue weighted by Crippen LogP contribution is 2.23. The van der Waals surface area contributed by atoms with E-state index >= 15 is 0 Å². The van der Waals surface area contributed by atoms with Gasteiger partial charge in [0.1, 0.15) is 5.75 Å². The average Bonchev–Trinajstić information content (AvgIpc) is 2.40. The Hall–Kier alpha value is -1.56. The van der Waals surface area contributed by atoms with Gasteiger partial charge in [-0.05, 0) is 61.3 Å². The van der Waals surface area contributed by atoms with E-state index in [1.54, 1.807) is 19.1 Å². The zero-order chi connectivity index (χ0) is 16.2. The number of rotatable bonds is 6. The number of benzene rings is 1. The first kappa shape index (κ1) is 17.5. The van der Waals surface area contributed by atoms with Gasteiger partial charge < -0.3 is 15.2 Å². The molecular formula is C15H20BrNO4. The SMILES string of the molecule is CCC(C)(C)NC(=O)C(C)Oc1ccc(Br)c(C(=O)O)c1. The molecule has 1 amide bonds. The fourth-order valence-electron chi connectivity index (χ4n) is 1.52. The third-order valence-electron chi connectivity index (χ3n) is 3.20. The maximum Gasteiger partial charge on any atom is 0.336 e. The molecule has 0 aliphatic rings. The summed E-state index contributed by atoms with van der Waals surface area (Å²) in [4.78, 5) is 23.1. The predicted molar refractivity (Wildman–Crippen MR) is 83.7 cm³/mol. The van der Waals surface area contributed by atoms with Gasteiger partial charge in [-0.25, -0.2) is 4.79 Å². The Labute approximate surface area is 132 Å². The van der Waals surface area contributed by atoms with E-state index in [0.29, 0.717) is 10.2 Å². The number of hydrogen-bond donors (Lipinski definition) is 2. The highest BCUT2D eigenvalue weighted by Gasteiger charge is 2.23. The maximum absolute atomic E-state index is 12.0. The first-order chi connectivity index (χ1) is 9.66. The van der Waals surface area contributed by atoms with Crippen molar-refractivity contribution in [2.75, 3.05) is 0 Å². The zero-order valence-electron chi connectivity index (χ0n) is 12.6. The minimum Gasteiger partial charge on any atom is -0.481 e. The van der Waals surface area contributed by atoms with Crippen molar-refractivity contribution in [3.05, 3.63) is 28.2 Å². The normalized spacial score (nSPS) is 12.6. The van der Waals surface area contributed by atoms with E-state index in [9.17, 15) is 9.59 Å². The number of aromatic carboxylic acids is 1. The molecule has 0 radical (unpaired) electrons. The summed E-state index contributed by atoms with van der Waals surface area (Å²) < 4.78 is 5.98. The lowest BCUT2D eigenvalue weighted by Gasteiger charge is -2.26. The quantitative estimate of drug-likeness (QED) is 0.819. The second-order valence-corrected chi connectivity index (χ2v) is 6.29. The number of hydrogen-bond acceptors (Lipinski definition) is 3. The number of carbonyl (C=O) groups is 2. The van der Waals surface area contributed by atoms with Gasteiger partial charge in [-0.3, -0.25) is 4.79 Å². The fraction of sp³-hybridized carbons (Fsp3) is 0.467. The Morgan fingerprint density at radius 2 is 2.05 bits per heavy atom. The molecule has 0 fully saturated rings. The van der Waals surface area contributed by atoms with Gasteiger partial charge in [-0.2, -0.15) is 0 Å². The number of carboxylic acid groups (broad SMARTS) is 1. The van der Waals surface area contributed by atoms with Crippen molar-refractivity contribution in [2.24, 2.45) is 0 Å². The molecule has 0 aliphatic heterocycles. The number of halogens is 1. The van der Waals surface area contributed by atoms with Crippen molar-refractivity contribution in [3.8, 4) is 5.75 Å². The molecular weight excluding hydrogens is 338 g/mol. The summed E-state index contributed by atoms with van der Waals surface area (Å²) in [6.07, 6.45) is 0.0889. The highest BCUT2D eigenvalue weighted by molar-refractivity contribution is 9.10. The van der Waals surface area contributed by atoms with E-state index in [4.69, 9.17) is 9.84 Å². The van der Waals surface area contributed by atoms with Gasteiger partial charge in [0, 0.05) is 10.0 Å². The molecule has 0 bridgehead atoms. The van der Waals surface area contributed by atoms with E-state index in [2.05, 4.69) is 21.2 Å². The summed E-state index contributed by atoms with van der Waals surface area (Å²) in [7, 11) is 0. The molecule has 5 nitrogen and oxygen atoms in total. The van der Waals surface area contributed by atoms with Crippen LogP contribution in [-0.2, 0) is 4.79 Å². The molecule has 0 spiro atoms. The third-order valence-corrected chi connectivity index (χ3v) is 3.89. The third kappa shape index (κ3) is 5.04. The molecule has 0 aromatic heterocycles. The average molecular weight is 358 g/mol. The lowest BCUT2D eigenvalue weighted by molar-refractivity contribution is -0.128. The molecule has 0 saturated carbocycles. The molecule has 116 valence electrons. The van der Waals surface area contributed by atoms with Gasteiger partial charge in [0.05, 0.1) is 5.56 Å². The predicted octanol–water partition coefficient (Wildman–Crippen LogP) is 3.22. The first-order valence-corrected chi connectivity index (χ1v) is 7.47. The van der Waals surface area contributed by atoms with Crippen molar-refractivity contribution in [3.63, 3.8) is 0 Å². The number of ether oxygens (including phenoxy) is 1. The minimum atomic E-state index is -1.06. The van der Waals surface area contributed by atoms with E-state index in [1.807, 2.05) is 20.8 Å². The summed E-state index contributed by atoms with van der Waals surface area (Å²) in [6.45, 7) is 7.47. The van der Waals surface area contributed by atoms with Crippen LogP contribution in [-0.4, -0.2) is 28.6 Å². The minimum absolute atomic E-state index is 0.0917. The Kier molecular flexibility index (Phi) is 5.78. The number of carbonyl (C=O) groups excluding carboxylic acids is 1. The zero-order valence-corrected chi connectivity index (χ0v) is 14.2. The number of carboxylic acids is 1. The molecule has 1 aromatic rings. The Bertz CT molecular complexity index is 542. The number of amides is 1. The Morgan fingerprint density at radius 1 is 1.43 bits per heavy atom. The van der Waals surface area contributed by atoms with Crippen LogP contribution in [0.25, 0.3) is 0 Å². The number of nitrogens with one attached hydrogen (secondary N) is 1. The second-order valence-electron chi connectivity index (χ2n) is 5.43. The molecule has 1 unspecified atom stereocenters. The van der Waals surface area contributed by atoms with Crippen LogP contribution in [0.15, 0.2) is 22.7 Å². The summed E-state index contributed by atoms with van der Waals surface area (Å²) in [6, 6.07) is 4.59. The van der Waals surface area contributed by atoms with Gasteiger partial charge in [0.15, 0.2) is 6.10 Å². The van der Waals surface area contributed by atoms with Crippen LogP contribution in [0.1, 0.15) is 44.5 Å². The summed E-state index contributed by atoms with van der Waals surface area (Å²) in [5, 5.41) is 11.9. The molecule has 0 saturated heterocycles. The molecule has 21 heavy (non-hydrogen) atoms. The van der Waals surface area contributed by atoms with Crippen LogP contribution in [0.2, 0.25) is 0 Å². The molecule has 0 aliphatic carbocycles. The van der Waals surface area contributed by atoms with Crippen LogP contribution in [0, 0.1) is 0 Å². The Morgan fingerprint density at radius 3 is 2.57 bits per heavy atom. The van der Waals surface area contributed by atoms with Crippen LogP contribution in [0.5, 0.6) is 5.75 Å². The smallest absolute Gasteiger partial charge is 0.336 e. The largest absolute Gasteiger partial charge is 0.481 e. The van der Waals surface area contributed by atoms with E-state index in [1.165, 1.54) is 6.07 Å². The van der Waals surface area contributed by atoms with E-state index in [-0.39, 0.29) is 17.0 Å². The fourth-order valence-corrected chi connectivity index (χ4v) is 1.94. The lowest BCUT2D eigenvalue weighted by Crippen LogP contribution is -2.48. The van der Waals surface area contributed by atoms with Gasteiger partial charge in [-0.15, -0.1) is 0 Å². The van der Waals surface area contributed by atoms with Gasteiger partial charge >= 0.3 is 5.97 Å². The molecule has 1 aromatic carbocycles. The van der Waals surface area contributed by atoms with Crippen molar-refractivity contribution in [1.82, 2.24) is 5.32 Å². The van der Waals surface area contributed by atoms with Crippen LogP contribution < -0.4 is 10.1 Å². The lowest BCUT2D eigenvalue weighted by atomic mass is 10.0. The molecule has 0 heterocycles. The summed E-state index contributed by atoms with van der Waals surface area (Å²) >= 11 is 3.16. The van der Waals surface area contributed by atoms with Crippen LogP contribution in [0.4, 0.5) is 0 Å². The van der Waals surface area contributed by atoms with Gasteiger partial charge in [0.2, 0.25) is 0 Å². The van der Waals surface area contributed by atoms with Crippen LogP contribution >= 0.6 is 15.9 Å². The first-order valence-electron chi connectivity index (χ1n) is 6.68. The summed E-state index contributed by atoms with van der Waals surface area (Å²) in [5.41, 5.74) is -0.213. The Balaban J connectivity index is 2.79. The van der Waals surface area contributed by atoms with Crippen molar-refractivity contribution in [1.29, 1.82) is 0 Å². The second kappa shape index (κ2) is 6.93. The molecule has 1 rings (SSSR count). The van der Waals surface area contributed by atoms with Crippen molar-refractivity contribution in [2.45, 2.75) is 45.8 Å². The van der Waals surface area contributed by atoms with E-state index in [0.717, 1.165) is 6.42 Å². The molecule has 6 heteroatoms. The van der Waals surface area contributed by atoms with Crippen molar-refractivity contribution < 1.29 is 19.4 Å². The monoisotopic (exact) mass is 357 g/mol.